The van der Waals surface area contributed by atoms with E-state index in [-0.39, 0.29) is 17.1 Å². The molecule has 0 unspecified atom stereocenters. The molecule has 0 bridgehead atoms. The van der Waals surface area contributed by atoms with Crippen LogP contribution < -0.4 is 4.74 Å². The predicted molar refractivity (Wildman–Crippen MR) is 107 cm³/mol. The smallest absolute Gasteiger partial charge is 0.349 e. The average Bonchev–Trinajstić information content (AvgIpc) is 3.07. The first kappa shape index (κ1) is 22.4. The maximum Gasteiger partial charge on any atom is 0.349 e. The molecule has 156 valence electrons. The number of amides is 1. The Kier molecular flexibility index (Phi) is 7.79. The summed E-state index contributed by atoms with van der Waals surface area (Å²) in [4.78, 5) is 26.2. The third-order valence-corrected chi connectivity index (χ3v) is 6.28. The van der Waals surface area contributed by atoms with Gasteiger partial charge in [0, 0.05) is 12.6 Å². The van der Waals surface area contributed by atoms with E-state index in [9.17, 15) is 23.3 Å². The fourth-order valence-corrected chi connectivity index (χ4v) is 4.80. The number of hydrogen-bond acceptors (Lipinski definition) is 7. The van der Waals surface area contributed by atoms with Gasteiger partial charge >= 0.3 is 5.97 Å². The minimum Gasteiger partial charge on any atom is -0.497 e. The molecule has 0 N–H and O–H groups in total. The van der Waals surface area contributed by atoms with Crippen LogP contribution in [0.3, 0.4) is 0 Å². The quantitative estimate of drug-likeness (QED) is 0.356. The summed E-state index contributed by atoms with van der Waals surface area (Å²) in [6, 6.07) is 8.10. The van der Waals surface area contributed by atoms with E-state index in [1.165, 1.54) is 18.1 Å². The summed E-state index contributed by atoms with van der Waals surface area (Å²) in [5.74, 6) is -0.767. The third-order valence-electron chi connectivity index (χ3n) is 4.53. The molecule has 9 heteroatoms. The number of sulfone groups is 1. The summed E-state index contributed by atoms with van der Waals surface area (Å²) in [6.07, 6.45) is 2.39. The van der Waals surface area contributed by atoms with Gasteiger partial charge in [0.1, 0.15) is 17.4 Å². The summed E-state index contributed by atoms with van der Waals surface area (Å²) in [5, 5.41) is 9.24. The lowest BCUT2D eigenvalue weighted by atomic mass is 10.1. The molecule has 2 rings (SSSR count). The van der Waals surface area contributed by atoms with Crippen LogP contribution in [-0.2, 0) is 24.2 Å². The molecule has 1 aromatic carbocycles. The summed E-state index contributed by atoms with van der Waals surface area (Å²) in [7, 11) is -1.61. The monoisotopic (exact) mass is 420 g/mol. The van der Waals surface area contributed by atoms with Crippen LogP contribution in [0, 0.1) is 11.3 Å². The largest absolute Gasteiger partial charge is 0.497 e. The van der Waals surface area contributed by atoms with Crippen molar-refractivity contribution in [3.8, 4) is 11.8 Å². The Bertz CT molecular complexity index is 915. The lowest BCUT2D eigenvalue weighted by Crippen LogP contribution is -2.43. The number of nitriles is 1. The molecule has 0 radical (unpaired) electrons. The lowest BCUT2D eigenvalue weighted by molar-refractivity contribution is -0.149. The standard InChI is InChI=1S/C20H24N2O6S/c1-3-9-22(17-8-10-29(25,26)14-17)19(23)13-28-20(24)16(12-21)11-15-4-6-18(27-2)7-5-15/h4-7,11,17H,3,8-10,13-14H2,1-2H3/b16-11+/t17-/m1/s1. The SMILES string of the molecule is CCCN(C(=O)COC(=O)/C(C#N)=C/c1ccc(OC)cc1)[C@@H]1CCS(=O)(=O)C1. The first-order valence-corrected chi connectivity index (χ1v) is 11.0. The molecule has 1 fully saturated rings. The summed E-state index contributed by atoms with van der Waals surface area (Å²) >= 11 is 0. The Labute approximate surface area is 170 Å². The molecule has 1 atom stereocenters. The molecule has 1 aliphatic rings. The van der Waals surface area contributed by atoms with E-state index in [2.05, 4.69) is 0 Å². The highest BCUT2D eigenvalue weighted by Crippen LogP contribution is 2.19. The fraction of sp³-hybridized carbons (Fsp3) is 0.450. The van der Waals surface area contributed by atoms with Crippen LogP contribution >= 0.6 is 0 Å². The van der Waals surface area contributed by atoms with Gasteiger partial charge in [0.2, 0.25) is 0 Å². The van der Waals surface area contributed by atoms with Crippen molar-refractivity contribution in [2.45, 2.75) is 25.8 Å². The van der Waals surface area contributed by atoms with Gasteiger partial charge in [-0.3, -0.25) is 4.79 Å². The van der Waals surface area contributed by atoms with E-state index < -0.39 is 34.4 Å². The number of nitrogens with zero attached hydrogens (tertiary/aromatic N) is 2. The Balaban J connectivity index is 2.01. The maximum absolute atomic E-state index is 12.5. The number of methoxy groups -OCH3 is 1. The first-order chi connectivity index (χ1) is 13.8. The van der Waals surface area contributed by atoms with Crippen molar-refractivity contribution < 1.29 is 27.5 Å². The highest BCUT2D eigenvalue weighted by molar-refractivity contribution is 7.91. The molecule has 0 saturated carbocycles. The zero-order valence-electron chi connectivity index (χ0n) is 16.5. The average molecular weight is 420 g/mol. The van der Waals surface area contributed by atoms with Gasteiger partial charge in [-0.1, -0.05) is 19.1 Å². The Morgan fingerprint density at radius 3 is 2.52 bits per heavy atom. The summed E-state index contributed by atoms with van der Waals surface area (Å²) in [6.45, 7) is 1.71. The van der Waals surface area contributed by atoms with Gasteiger partial charge in [0.05, 0.1) is 18.6 Å². The molecule has 8 nitrogen and oxygen atoms in total. The Hall–Kier alpha value is -2.86. The van der Waals surface area contributed by atoms with E-state index in [1.807, 2.05) is 6.92 Å². The first-order valence-electron chi connectivity index (χ1n) is 9.22. The van der Waals surface area contributed by atoms with Crippen LogP contribution in [0.1, 0.15) is 25.3 Å². The van der Waals surface area contributed by atoms with E-state index in [4.69, 9.17) is 9.47 Å². The van der Waals surface area contributed by atoms with E-state index in [0.717, 1.165) is 0 Å². The number of carbonyl (C=O) groups excluding carboxylic acids is 2. The molecular formula is C20H24N2O6S. The van der Waals surface area contributed by atoms with Gasteiger partial charge in [0.15, 0.2) is 16.4 Å². The zero-order valence-corrected chi connectivity index (χ0v) is 17.3. The van der Waals surface area contributed by atoms with Crippen molar-refractivity contribution in [3.63, 3.8) is 0 Å². The number of esters is 1. The minimum absolute atomic E-state index is 0.0497. The van der Waals surface area contributed by atoms with Crippen LogP contribution in [0.4, 0.5) is 0 Å². The minimum atomic E-state index is -3.14. The van der Waals surface area contributed by atoms with Crippen molar-refractivity contribution in [1.82, 2.24) is 4.90 Å². The van der Waals surface area contributed by atoms with Crippen LogP contribution in [0.5, 0.6) is 5.75 Å². The van der Waals surface area contributed by atoms with Crippen molar-refractivity contribution in [3.05, 3.63) is 35.4 Å². The van der Waals surface area contributed by atoms with Gasteiger partial charge in [-0.2, -0.15) is 5.26 Å². The molecule has 1 aliphatic heterocycles. The number of benzene rings is 1. The van der Waals surface area contributed by atoms with Crippen molar-refractivity contribution >= 4 is 27.8 Å². The molecule has 1 aromatic rings. The number of hydrogen-bond donors (Lipinski definition) is 0. The van der Waals surface area contributed by atoms with Crippen LogP contribution in [0.25, 0.3) is 6.08 Å². The fourth-order valence-electron chi connectivity index (χ4n) is 3.06. The van der Waals surface area contributed by atoms with Crippen molar-refractivity contribution in [2.75, 3.05) is 31.8 Å². The predicted octanol–water partition coefficient (Wildman–Crippen LogP) is 1.57. The molecular weight excluding hydrogens is 396 g/mol. The third kappa shape index (κ3) is 6.32. The molecule has 0 aromatic heterocycles. The summed E-state index contributed by atoms with van der Waals surface area (Å²) in [5.41, 5.74) is 0.364. The van der Waals surface area contributed by atoms with Gasteiger partial charge in [-0.15, -0.1) is 0 Å². The second-order valence-corrected chi connectivity index (χ2v) is 8.89. The Morgan fingerprint density at radius 1 is 1.31 bits per heavy atom. The highest BCUT2D eigenvalue weighted by atomic mass is 32.2. The van der Waals surface area contributed by atoms with Gasteiger partial charge in [-0.25, -0.2) is 13.2 Å². The molecule has 1 amide bonds. The number of rotatable bonds is 8. The number of carbonyl (C=O) groups is 2. The zero-order chi connectivity index (χ0) is 21.4. The van der Waals surface area contributed by atoms with Crippen molar-refractivity contribution in [2.24, 2.45) is 0 Å². The highest BCUT2D eigenvalue weighted by Gasteiger charge is 2.34. The molecule has 1 heterocycles. The topological polar surface area (TPSA) is 114 Å². The van der Waals surface area contributed by atoms with Gasteiger partial charge in [-0.05, 0) is 36.6 Å². The molecule has 0 spiro atoms. The Morgan fingerprint density at radius 2 is 2.00 bits per heavy atom. The molecule has 29 heavy (non-hydrogen) atoms. The van der Waals surface area contributed by atoms with Crippen LogP contribution in [0.15, 0.2) is 29.8 Å². The van der Waals surface area contributed by atoms with E-state index >= 15 is 0 Å². The normalized spacial score (nSPS) is 18.0. The van der Waals surface area contributed by atoms with Gasteiger partial charge in [0.25, 0.3) is 5.91 Å². The molecule has 1 saturated heterocycles. The second-order valence-electron chi connectivity index (χ2n) is 6.66. The van der Waals surface area contributed by atoms with Gasteiger partial charge < -0.3 is 14.4 Å². The number of ether oxygens (including phenoxy) is 2. The maximum atomic E-state index is 12.5. The van der Waals surface area contributed by atoms with E-state index in [1.54, 1.807) is 30.3 Å². The molecule has 0 aliphatic carbocycles. The van der Waals surface area contributed by atoms with Crippen molar-refractivity contribution in [1.29, 1.82) is 5.26 Å². The van der Waals surface area contributed by atoms with Crippen LogP contribution in [0.2, 0.25) is 0 Å². The van der Waals surface area contributed by atoms with E-state index in [0.29, 0.717) is 30.7 Å². The second kappa shape index (κ2) is 10.1. The lowest BCUT2D eigenvalue weighted by Gasteiger charge is -2.27. The summed E-state index contributed by atoms with van der Waals surface area (Å²) < 4.78 is 33.5. The van der Waals surface area contributed by atoms with Crippen LogP contribution in [-0.4, -0.2) is 63.0 Å².